The third-order valence-electron chi connectivity index (χ3n) is 2.78. The largest absolute Gasteiger partial charge is 0.392 e. The number of aliphatic hydroxyl groups excluding tert-OH is 1. The minimum atomic E-state index is -0.226. The van der Waals surface area contributed by atoms with Gasteiger partial charge in [-0.2, -0.15) is 0 Å². The standard InChI is InChI=1S/C14H16N2O3S/c1-19-8-13-16-12(9-20-13)14(18)15-6-10-4-2-3-5-11(10)7-17/h2-5,9,17H,6-8H2,1H3,(H,15,18). The Morgan fingerprint density at radius 1 is 1.40 bits per heavy atom. The van der Waals surface area contributed by atoms with Gasteiger partial charge in [0.15, 0.2) is 0 Å². The van der Waals surface area contributed by atoms with Crippen molar-refractivity contribution < 1.29 is 14.6 Å². The van der Waals surface area contributed by atoms with Crippen molar-refractivity contribution in [3.05, 3.63) is 51.5 Å². The number of nitrogens with zero attached hydrogens (tertiary/aromatic N) is 1. The number of aliphatic hydroxyl groups is 1. The van der Waals surface area contributed by atoms with Crippen LogP contribution in [0.1, 0.15) is 26.6 Å². The van der Waals surface area contributed by atoms with Crippen LogP contribution in [0.3, 0.4) is 0 Å². The molecule has 0 radical (unpaired) electrons. The topological polar surface area (TPSA) is 71.5 Å². The number of amides is 1. The minimum Gasteiger partial charge on any atom is -0.392 e. The van der Waals surface area contributed by atoms with Gasteiger partial charge in [0.1, 0.15) is 10.7 Å². The van der Waals surface area contributed by atoms with E-state index < -0.39 is 0 Å². The maximum Gasteiger partial charge on any atom is 0.271 e. The minimum absolute atomic E-state index is 0.0409. The first kappa shape index (κ1) is 14.6. The van der Waals surface area contributed by atoms with E-state index in [9.17, 15) is 9.90 Å². The third kappa shape index (κ3) is 3.63. The molecule has 20 heavy (non-hydrogen) atoms. The Bertz CT molecular complexity index is 583. The molecule has 0 atom stereocenters. The fraction of sp³-hybridized carbons (Fsp3) is 0.286. The fourth-order valence-electron chi connectivity index (χ4n) is 1.76. The van der Waals surface area contributed by atoms with E-state index in [0.717, 1.165) is 16.1 Å². The summed E-state index contributed by atoms with van der Waals surface area (Å²) < 4.78 is 4.97. The fourth-order valence-corrected chi connectivity index (χ4v) is 2.50. The number of benzene rings is 1. The van der Waals surface area contributed by atoms with Crippen molar-refractivity contribution in [1.82, 2.24) is 10.3 Å². The van der Waals surface area contributed by atoms with Crippen LogP contribution < -0.4 is 5.32 Å². The number of methoxy groups -OCH3 is 1. The van der Waals surface area contributed by atoms with Crippen LogP contribution in [0.25, 0.3) is 0 Å². The van der Waals surface area contributed by atoms with Crippen LogP contribution in [0.2, 0.25) is 0 Å². The zero-order valence-electron chi connectivity index (χ0n) is 11.1. The molecule has 2 rings (SSSR count). The number of ether oxygens (including phenoxy) is 1. The van der Waals surface area contributed by atoms with Gasteiger partial charge in [0.25, 0.3) is 5.91 Å². The summed E-state index contributed by atoms with van der Waals surface area (Å²) in [6.45, 7) is 0.735. The summed E-state index contributed by atoms with van der Waals surface area (Å²) in [6, 6.07) is 7.44. The number of nitrogens with one attached hydrogen (secondary N) is 1. The molecule has 0 spiro atoms. The van der Waals surface area contributed by atoms with Crippen molar-refractivity contribution in [2.24, 2.45) is 0 Å². The molecule has 1 aromatic carbocycles. The summed E-state index contributed by atoms with van der Waals surface area (Å²) in [5.41, 5.74) is 2.10. The lowest BCUT2D eigenvalue weighted by Crippen LogP contribution is -2.23. The molecule has 1 aromatic heterocycles. The molecule has 0 aliphatic carbocycles. The molecular formula is C14H16N2O3S. The Balaban J connectivity index is 1.97. The van der Waals surface area contributed by atoms with E-state index in [-0.39, 0.29) is 12.5 Å². The van der Waals surface area contributed by atoms with E-state index in [2.05, 4.69) is 10.3 Å². The van der Waals surface area contributed by atoms with Gasteiger partial charge in [-0.15, -0.1) is 11.3 Å². The Hall–Kier alpha value is -1.76. The van der Waals surface area contributed by atoms with Crippen LogP contribution in [0, 0.1) is 0 Å². The van der Waals surface area contributed by atoms with Crippen LogP contribution in [0.4, 0.5) is 0 Å². The Labute approximate surface area is 121 Å². The zero-order valence-corrected chi connectivity index (χ0v) is 11.9. The highest BCUT2D eigenvalue weighted by Gasteiger charge is 2.11. The molecular weight excluding hydrogens is 276 g/mol. The summed E-state index contributed by atoms with van der Waals surface area (Å²) >= 11 is 1.39. The normalized spacial score (nSPS) is 10.5. The average Bonchev–Trinajstić information content (AvgIpc) is 2.94. The smallest absolute Gasteiger partial charge is 0.271 e. The lowest BCUT2D eigenvalue weighted by atomic mass is 10.1. The first-order chi connectivity index (χ1) is 9.74. The zero-order chi connectivity index (χ0) is 14.4. The molecule has 0 saturated carbocycles. The van der Waals surface area contributed by atoms with Gasteiger partial charge in [-0.3, -0.25) is 4.79 Å². The van der Waals surface area contributed by atoms with Crippen molar-refractivity contribution in [2.75, 3.05) is 7.11 Å². The Morgan fingerprint density at radius 2 is 2.15 bits per heavy atom. The number of rotatable bonds is 6. The van der Waals surface area contributed by atoms with E-state index in [1.807, 2.05) is 24.3 Å². The summed E-state index contributed by atoms with van der Waals surface area (Å²) in [5, 5.41) is 14.5. The number of carbonyl (C=O) groups excluding carboxylic acids is 1. The van der Waals surface area contributed by atoms with Crippen molar-refractivity contribution in [1.29, 1.82) is 0 Å². The molecule has 6 heteroatoms. The molecule has 106 valence electrons. The second kappa shape index (κ2) is 7.14. The van der Waals surface area contributed by atoms with Crippen LogP contribution in [-0.4, -0.2) is 23.1 Å². The van der Waals surface area contributed by atoms with Crippen LogP contribution in [-0.2, 0) is 24.5 Å². The average molecular weight is 292 g/mol. The molecule has 2 N–H and O–H groups in total. The second-order valence-corrected chi connectivity index (χ2v) is 5.11. The van der Waals surface area contributed by atoms with E-state index >= 15 is 0 Å². The van der Waals surface area contributed by atoms with Gasteiger partial charge in [0.2, 0.25) is 0 Å². The van der Waals surface area contributed by atoms with Gasteiger partial charge in [-0.25, -0.2) is 4.98 Å². The van der Waals surface area contributed by atoms with Crippen LogP contribution >= 0.6 is 11.3 Å². The number of thiazole rings is 1. The molecule has 0 unspecified atom stereocenters. The third-order valence-corrected chi connectivity index (χ3v) is 3.60. The highest BCUT2D eigenvalue weighted by Crippen LogP contribution is 2.12. The molecule has 1 amide bonds. The van der Waals surface area contributed by atoms with Crippen LogP contribution in [0.15, 0.2) is 29.6 Å². The number of hydrogen-bond acceptors (Lipinski definition) is 5. The molecule has 0 saturated heterocycles. The highest BCUT2D eigenvalue weighted by molar-refractivity contribution is 7.09. The highest BCUT2D eigenvalue weighted by atomic mass is 32.1. The van der Waals surface area contributed by atoms with E-state index in [0.29, 0.717) is 18.8 Å². The first-order valence-electron chi connectivity index (χ1n) is 6.13. The summed E-state index contributed by atoms with van der Waals surface area (Å²) in [4.78, 5) is 16.2. The maximum atomic E-state index is 12.0. The SMILES string of the molecule is COCc1nc(C(=O)NCc2ccccc2CO)cs1. The quantitative estimate of drug-likeness (QED) is 0.850. The molecule has 5 nitrogen and oxygen atoms in total. The van der Waals surface area contributed by atoms with Gasteiger partial charge >= 0.3 is 0 Å². The molecule has 1 heterocycles. The van der Waals surface area contributed by atoms with Crippen molar-refractivity contribution >= 4 is 17.2 Å². The number of hydrogen-bond donors (Lipinski definition) is 2. The molecule has 0 aliphatic heterocycles. The van der Waals surface area contributed by atoms with Crippen LogP contribution in [0.5, 0.6) is 0 Å². The van der Waals surface area contributed by atoms with Crippen molar-refractivity contribution in [3.8, 4) is 0 Å². The van der Waals surface area contributed by atoms with Gasteiger partial charge in [-0.1, -0.05) is 24.3 Å². The van der Waals surface area contributed by atoms with Crippen molar-refractivity contribution in [2.45, 2.75) is 19.8 Å². The maximum absolute atomic E-state index is 12.0. The summed E-state index contributed by atoms with van der Waals surface area (Å²) in [7, 11) is 1.59. The Kier molecular flexibility index (Phi) is 5.23. The molecule has 2 aromatic rings. The second-order valence-electron chi connectivity index (χ2n) is 4.17. The van der Waals surface area contributed by atoms with Gasteiger partial charge in [0, 0.05) is 19.0 Å². The Morgan fingerprint density at radius 3 is 2.85 bits per heavy atom. The van der Waals surface area contributed by atoms with Gasteiger partial charge in [0.05, 0.1) is 13.2 Å². The van der Waals surface area contributed by atoms with Crippen molar-refractivity contribution in [3.63, 3.8) is 0 Å². The van der Waals surface area contributed by atoms with Gasteiger partial charge in [-0.05, 0) is 11.1 Å². The lowest BCUT2D eigenvalue weighted by Gasteiger charge is -2.07. The predicted molar refractivity (Wildman–Crippen MR) is 76.4 cm³/mol. The summed E-state index contributed by atoms with van der Waals surface area (Å²) in [6.07, 6.45) is 0. The lowest BCUT2D eigenvalue weighted by molar-refractivity contribution is 0.0945. The number of carbonyl (C=O) groups is 1. The number of aromatic nitrogens is 1. The van der Waals surface area contributed by atoms with Gasteiger partial charge < -0.3 is 15.2 Å². The monoisotopic (exact) mass is 292 g/mol. The molecule has 0 bridgehead atoms. The summed E-state index contributed by atoms with van der Waals surface area (Å²) in [5.74, 6) is -0.226. The predicted octanol–water partition coefficient (Wildman–Crippen LogP) is 1.71. The molecule has 0 aliphatic rings. The molecule has 0 fully saturated rings. The first-order valence-corrected chi connectivity index (χ1v) is 7.01. The van der Waals surface area contributed by atoms with E-state index in [4.69, 9.17) is 4.74 Å². The van der Waals surface area contributed by atoms with E-state index in [1.165, 1.54) is 11.3 Å². The van der Waals surface area contributed by atoms with E-state index in [1.54, 1.807) is 12.5 Å².